The molecule has 8 nitrogen and oxygen atoms in total. The van der Waals surface area contributed by atoms with Gasteiger partial charge in [-0.05, 0) is 30.3 Å². The highest BCUT2D eigenvalue weighted by molar-refractivity contribution is 6.00. The highest BCUT2D eigenvalue weighted by Crippen LogP contribution is 2.22. The molecule has 8 heteroatoms. The van der Waals surface area contributed by atoms with E-state index in [1.54, 1.807) is 30.5 Å². The number of anilines is 2. The minimum Gasteiger partial charge on any atom is -0.391 e. The Morgan fingerprint density at radius 2 is 1.93 bits per heavy atom. The molecule has 0 bridgehead atoms. The van der Waals surface area contributed by atoms with Crippen LogP contribution in [-0.2, 0) is 4.79 Å². The molecule has 3 aromatic rings. The number of urea groups is 1. The van der Waals surface area contributed by atoms with Gasteiger partial charge in [-0.3, -0.25) is 9.89 Å². The van der Waals surface area contributed by atoms with Crippen molar-refractivity contribution in [2.75, 3.05) is 17.2 Å². The van der Waals surface area contributed by atoms with Gasteiger partial charge in [0.2, 0.25) is 5.91 Å². The number of β-amino-alcohol motifs (C(OH)–C–C–N with tert-alkyl or cyclic N) is 1. The van der Waals surface area contributed by atoms with E-state index in [9.17, 15) is 14.7 Å². The van der Waals surface area contributed by atoms with Crippen LogP contribution in [0.25, 0.3) is 10.9 Å². The number of aromatic amines is 1. The largest absolute Gasteiger partial charge is 0.391 e. The number of carbonyl (C=O) groups is 2. The van der Waals surface area contributed by atoms with Crippen LogP contribution in [0.3, 0.4) is 0 Å². The Labute approximate surface area is 155 Å². The summed E-state index contributed by atoms with van der Waals surface area (Å²) < 4.78 is 0. The van der Waals surface area contributed by atoms with Crippen molar-refractivity contribution in [2.45, 2.75) is 18.6 Å². The lowest BCUT2D eigenvalue weighted by atomic mass is 10.1. The van der Waals surface area contributed by atoms with E-state index >= 15 is 0 Å². The van der Waals surface area contributed by atoms with E-state index in [1.807, 2.05) is 24.3 Å². The number of hydrogen-bond donors (Lipinski definition) is 4. The number of para-hydroxylation sites is 1. The number of aromatic nitrogens is 2. The average molecular weight is 365 g/mol. The van der Waals surface area contributed by atoms with E-state index in [0.29, 0.717) is 11.4 Å². The van der Waals surface area contributed by atoms with Crippen LogP contribution < -0.4 is 10.6 Å². The Bertz CT molecular complexity index is 972. The van der Waals surface area contributed by atoms with Crippen molar-refractivity contribution in [1.82, 2.24) is 15.1 Å². The highest BCUT2D eigenvalue weighted by Gasteiger charge is 2.39. The van der Waals surface area contributed by atoms with Gasteiger partial charge in [-0.1, -0.05) is 18.2 Å². The zero-order valence-electron chi connectivity index (χ0n) is 14.4. The molecule has 0 spiro atoms. The molecule has 3 amide bonds. The van der Waals surface area contributed by atoms with Crippen molar-refractivity contribution < 1.29 is 14.7 Å². The second-order valence-corrected chi connectivity index (χ2v) is 6.52. The van der Waals surface area contributed by atoms with E-state index in [2.05, 4.69) is 20.8 Å². The molecule has 4 rings (SSSR count). The maximum atomic E-state index is 12.7. The number of aliphatic hydroxyl groups is 1. The number of amides is 3. The summed E-state index contributed by atoms with van der Waals surface area (Å²) in [7, 11) is 0. The monoisotopic (exact) mass is 365 g/mol. The van der Waals surface area contributed by atoms with E-state index < -0.39 is 18.2 Å². The van der Waals surface area contributed by atoms with Gasteiger partial charge in [-0.2, -0.15) is 5.10 Å². The number of hydrogen-bond acceptors (Lipinski definition) is 4. The third-order valence-electron chi connectivity index (χ3n) is 4.58. The molecular weight excluding hydrogens is 346 g/mol. The molecule has 2 atom stereocenters. The topological polar surface area (TPSA) is 110 Å². The second-order valence-electron chi connectivity index (χ2n) is 6.52. The van der Waals surface area contributed by atoms with Gasteiger partial charge in [0.05, 0.1) is 17.8 Å². The van der Waals surface area contributed by atoms with Crippen molar-refractivity contribution in [3.05, 3.63) is 54.7 Å². The predicted octanol–water partition coefficient (Wildman–Crippen LogP) is 2.17. The first-order valence-corrected chi connectivity index (χ1v) is 8.65. The van der Waals surface area contributed by atoms with Gasteiger partial charge in [0.25, 0.3) is 0 Å². The number of nitrogens with zero attached hydrogens (tertiary/aromatic N) is 2. The third-order valence-corrected chi connectivity index (χ3v) is 4.58. The number of fused-ring (bicyclic) bond motifs is 1. The smallest absolute Gasteiger partial charge is 0.322 e. The summed E-state index contributed by atoms with van der Waals surface area (Å²) in [4.78, 5) is 26.7. The summed E-state index contributed by atoms with van der Waals surface area (Å²) in [6, 6.07) is 13.2. The summed E-state index contributed by atoms with van der Waals surface area (Å²) in [5, 5.41) is 23.3. The van der Waals surface area contributed by atoms with Crippen molar-refractivity contribution in [2.24, 2.45) is 0 Å². The first-order chi connectivity index (χ1) is 13.1. The van der Waals surface area contributed by atoms with Gasteiger partial charge in [0.15, 0.2) is 0 Å². The molecule has 1 aliphatic rings. The van der Waals surface area contributed by atoms with E-state index in [-0.39, 0.29) is 18.9 Å². The summed E-state index contributed by atoms with van der Waals surface area (Å²) in [6.45, 7) is 0.109. The first-order valence-electron chi connectivity index (χ1n) is 8.65. The summed E-state index contributed by atoms with van der Waals surface area (Å²) in [5.74, 6) is -0.336. The number of benzene rings is 2. The molecule has 1 fully saturated rings. The molecule has 0 saturated carbocycles. The van der Waals surface area contributed by atoms with Crippen molar-refractivity contribution in [1.29, 1.82) is 0 Å². The number of nitrogens with one attached hydrogen (secondary N) is 3. The van der Waals surface area contributed by atoms with Crippen LogP contribution in [-0.4, -0.2) is 50.8 Å². The van der Waals surface area contributed by atoms with Gasteiger partial charge in [-0.25, -0.2) is 4.79 Å². The quantitative estimate of drug-likeness (QED) is 0.570. The Hall–Kier alpha value is -3.39. The van der Waals surface area contributed by atoms with Gasteiger partial charge < -0.3 is 20.6 Å². The van der Waals surface area contributed by atoms with Gasteiger partial charge in [-0.15, -0.1) is 0 Å². The van der Waals surface area contributed by atoms with E-state index in [1.165, 1.54) is 4.90 Å². The zero-order chi connectivity index (χ0) is 18.8. The van der Waals surface area contributed by atoms with Crippen molar-refractivity contribution in [3.8, 4) is 0 Å². The minimum absolute atomic E-state index is 0.109. The number of likely N-dealkylation sites (tertiary alicyclic amines) is 1. The van der Waals surface area contributed by atoms with Gasteiger partial charge in [0, 0.05) is 29.7 Å². The van der Waals surface area contributed by atoms with Crippen LogP contribution in [0.4, 0.5) is 16.2 Å². The fraction of sp³-hybridized carbons (Fsp3) is 0.211. The number of rotatable bonds is 3. The molecule has 0 unspecified atom stereocenters. The molecule has 27 heavy (non-hydrogen) atoms. The Kier molecular flexibility index (Phi) is 4.47. The fourth-order valence-electron chi connectivity index (χ4n) is 3.25. The highest BCUT2D eigenvalue weighted by atomic mass is 16.3. The van der Waals surface area contributed by atoms with Crippen LogP contribution in [0.15, 0.2) is 54.7 Å². The first kappa shape index (κ1) is 17.0. The molecular formula is C19H19N5O3. The van der Waals surface area contributed by atoms with Crippen molar-refractivity contribution in [3.63, 3.8) is 0 Å². The molecule has 1 saturated heterocycles. The van der Waals surface area contributed by atoms with Gasteiger partial charge >= 0.3 is 6.03 Å². The number of H-pyrrole nitrogens is 1. The molecule has 0 radical (unpaired) electrons. The lowest BCUT2D eigenvalue weighted by molar-refractivity contribution is -0.119. The summed E-state index contributed by atoms with van der Waals surface area (Å²) in [5.41, 5.74) is 2.11. The Balaban J connectivity index is 1.48. The standard InChI is InChI=1S/C19H19N5O3/c25-15-9-17(24(11-15)19(27)22-13-4-2-1-3-5-13)18(26)21-14-6-7-16-12(8-14)10-20-23-16/h1-8,10,15,17,25H,9,11H2,(H,20,23)(H,21,26)(H,22,27)/t15-,17-/m1/s1. The fourth-order valence-corrected chi connectivity index (χ4v) is 3.25. The third kappa shape index (κ3) is 3.61. The average Bonchev–Trinajstić information content (AvgIpc) is 3.28. The molecule has 2 heterocycles. The molecule has 0 aliphatic carbocycles. The molecule has 2 aromatic carbocycles. The minimum atomic E-state index is -0.747. The lowest BCUT2D eigenvalue weighted by Crippen LogP contribution is -2.45. The summed E-state index contributed by atoms with van der Waals surface area (Å²) >= 11 is 0. The SMILES string of the molecule is O=C(Nc1ccc2[nH]ncc2c1)[C@H]1C[C@@H](O)CN1C(=O)Nc1ccccc1. The Morgan fingerprint density at radius 1 is 1.11 bits per heavy atom. The lowest BCUT2D eigenvalue weighted by Gasteiger charge is -2.24. The normalized spacial score (nSPS) is 19.2. The van der Waals surface area contributed by atoms with E-state index in [0.717, 1.165) is 10.9 Å². The molecule has 1 aliphatic heterocycles. The maximum absolute atomic E-state index is 12.7. The maximum Gasteiger partial charge on any atom is 0.322 e. The van der Waals surface area contributed by atoms with Crippen LogP contribution in [0.5, 0.6) is 0 Å². The Morgan fingerprint density at radius 3 is 2.74 bits per heavy atom. The predicted molar refractivity (Wildman–Crippen MR) is 101 cm³/mol. The number of carbonyl (C=O) groups excluding carboxylic acids is 2. The molecule has 1 aromatic heterocycles. The van der Waals surface area contributed by atoms with Crippen LogP contribution in [0.2, 0.25) is 0 Å². The number of aliphatic hydroxyl groups excluding tert-OH is 1. The van der Waals surface area contributed by atoms with Crippen LogP contribution in [0, 0.1) is 0 Å². The second kappa shape index (κ2) is 7.08. The zero-order valence-corrected chi connectivity index (χ0v) is 14.4. The molecule has 4 N–H and O–H groups in total. The van der Waals surface area contributed by atoms with Crippen LogP contribution >= 0.6 is 0 Å². The van der Waals surface area contributed by atoms with Crippen LogP contribution in [0.1, 0.15) is 6.42 Å². The van der Waals surface area contributed by atoms with E-state index in [4.69, 9.17) is 0 Å². The van der Waals surface area contributed by atoms with Gasteiger partial charge in [0.1, 0.15) is 6.04 Å². The molecule has 138 valence electrons. The summed E-state index contributed by atoms with van der Waals surface area (Å²) in [6.07, 6.45) is 1.13. The van der Waals surface area contributed by atoms with Crippen molar-refractivity contribution >= 4 is 34.2 Å².